The summed E-state index contributed by atoms with van der Waals surface area (Å²) in [5.41, 5.74) is 0.181. The normalized spacial score (nSPS) is 12.5. The Balaban J connectivity index is 2.29. The Morgan fingerprint density at radius 2 is 1.80 bits per heavy atom. The van der Waals surface area contributed by atoms with Crippen molar-refractivity contribution in [1.29, 1.82) is 0 Å². The lowest BCUT2D eigenvalue weighted by atomic mass is 9.98. The molecule has 0 radical (unpaired) electrons. The molecular formula is C19H19F3O3. The second kappa shape index (κ2) is 8.05. The van der Waals surface area contributed by atoms with E-state index in [0.29, 0.717) is 0 Å². The Morgan fingerprint density at radius 3 is 2.40 bits per heavy atom. The molecule has 6 heteroatoms. The molecule has 0 spiro atoms. The van der Waals surface area contributed by atoms with E-state index in [4.69, 9.17) is 9.47 Å². The fourth-order valence-electron chi connectivity index (χ4n) is 2.26. The molecule has 0 saturated heterocycles. The third-order valence-corrected chi connectivity index (χ3v) is 3.64. The van der Waals surface area contributed by atoms with Crippen LogP contribution < -0.4 is 4.74 Å². The van der Waals surface area contributed by atoms with E-state index in [2.05, 4.69) is 0 Å². The minimum absolute atomic E-state index is 0.0600. The van der Waals surface area contributed by atoms with Crippen molar-refractivity contribution >= 4 is 5.97 Å². The predicted octanol–water partition coefficient (Wildman–Crippen LogP) is 4.95. The van der Waals surface area contributed by atoms with Crippen LogP contribution in [0.1, 0.15) is 36.5 Å². The second-order valence-corrected chi connectivity index (χ2v) is 5.54. The largest absolute Gasteiger partial charge is 0.489 e. The van der Waals surface area contributed by atoms with E-state index >= 15 is 0 Å². The highest BCUT2D eigenvalue weighted by atomic mass is 19.4. The summed E-state index contributed by atoms with van der Waals surface area (Å²) < 4.78 is 49.9. The van der Waals surface area contributed by atoms with Gasteiger partial charge >= 0.3 is 12.1 Å². The van der Waals surface area contributed by atoms with E-state index in [1.807, 2.05) is 30.3 Å². The van der Waals surface area contributed by atoms with Gasteiger partial charge in [0.05, 0.1) is 18.1 Å². The molecule has 0 saturated carbocycles. The molecule has 2 rings (SSSR count). The molecule has 0 aliphatic heterocycles. The van der Waals surface area contributed by atoms with Gasteiger partial charge in [0.1, 0.15) is 12.4 Å². The first-order chi connectivity index (χ1) is 11.8. The van der Waals surface area contributed by atoms with Crippen LogP contribution >= 0.6 is 0 Å². The minimum Gasteiger partial charge on any atom is -0.489 e. The fourth-order valence-corrected chi connectivity index (χ4v) is 2.26. The summed E-state index contributed by atoms with van der Waals surface area (Å²) in [6.07, 6.45) is -4.53. The third-order valence-electron chi connectivity index (χ3n) is 3.64. The van der Waals surface area contributed by atoms with Gasteiger partial charge < -0.3 is 9.47 Å². The van der Waals surface area contributed by atoms with Gasteiger partial charge in [0.2, 0.25) is 0 Å². The number of alkyl halides is 3. The molecule has 2 aromatic rings. The molecule has 0 aliphatic rings. The monoisotopic (exact) mass is 352 g/mol. The van der Waals surface area contributed by atoms with Gasteiger partial charge in [-0.1, -0.05) is 30.3 Å². The van der Waals surface area contributed by atoms with Crippen LogP contribution in [0.15, 0.2) is 48.5 Å². The van der Waals surface area contributed by atoms with Gasteiger partial charge in [0.15, 0.2) is 0 Å². The van der Waals surface area contributed by atoms with Gasteiger partial charge in [-0.05, 0) is 43.2 Å². The molecule has 0 aromatic heterocycles. The van der Waals surface area contributed by atoms with E-state index in [1.165, 1.54) is 13.0 Å². The molecule has 0 N–H and O–H groups in total. The Kier molecular flexibility index (Phi) is 6.07. The van der Waals surface area contributed by atoms with E-state index < -0.39 is 23.6 Å². The Bertz CT molecular complexity index is 712. The van der Waals surface area contributed by atoms with Crippen LogP contribution in [0.5, 0.6) is 5.75 Å². The van der Waals surface area contributed by atoms with Crippen molar-refractivity contribution in [2.75, 3.05) is 6.61 Å². The maximum Gasteiger partial charge on any atom is 0.416 e. The van der Waals surface area contributed by atoms with Crippen molar-refractivity contribution in [1.82, 2.24) is 0 Å². The maximum absolute atomic E-state index is 13.2. The molecule has 1 atom stereocenters. The number of halogens is 3. The molecule has 134 valence electrons. The van der Waals surface area contributed by atoms with E-state index in [9.17, 15) is 18.0 Å². The van der Waals surface area contributed by atoms with Crippen LogP contribution in [0, 0.1) is 0 Å². The second-order valence-electron chi connectivity index (χ2n) is 5.54. The zero-order valence-electron chi connectivity index (χ0n) is 14.0. The van der Waals surface area contributed by atoms with Crippen molar-refractivity contribution in [3.63, 3.8) is 0 Å². The quantitative estimate of drug-likeness (QED) is 0.690. The van der Waals surface area contributed by atoms with Crippen molar-refractivity contribution < 1.29 is 27.4 Å². The molecule has 0 aliphatic carbocycles. The number of ether oxygens (including phenoxy) is 2. The van der Waals surface area contributed by atoms with E-state index in [0.717, 1.165) is 17.7 Å². The van der Waals surface area contributed by atoms with Crippen LogP contribution in [-0.2, 0) is 22.3 Å². The molecule has 0 heterocycles. The zero-order chi connectivity index (χ0) is 18.4. The van der Waals surface area contributed by atoms with E-state index in [1.54, 1.807) is 6.92 Å². The highest BCUT2D eigenvalue weighted by Gasteiger charge is 2.32. The van der Waals surface area contributed by atoms with Gasteiger partial charge in [-0.3, -0.25) is 4.79 Å². The average molecular weight is 352 g/mol. The van der Waals surface area contributed by atoms with Crippen LogP contribution in [-0.4, -0.2) is 12.6 Å². The Hall–Kier alpha value is -2.50. The lowest BCUT2D eigenvalue weighted by molar-refractivity contribution is -0.145. The van der Waals surface area contributed by atoms with Gasteiger partial charge in [0.25, 0.3) is 0 Å². The minimum atomic E-state index is -4.53. The van der Waals surface area contributed by atoms with Gasteiger partial charge in [-0.2, -0.15) is 13.2 Å². The number of carbonyl (C=O) groups is 1. The van der Waals surface area contributed by atoms with Crippen LogP contribution in [0.2, 0.25) is 0 Å². The molecular weight excluding hydrogens is 333 g/mol. The Labute approximate surface area is 144 Å². The van der Waals surface area contributed by atoms with Crippen LogP contribution in [0.4, 0.5) is 13.2 Å². The molecule has 2 aromatic carbocycles. The predicted molar refractivity (Wildman–Crippen MR) is 87.3 cm³/mol. The van der Waals surface area contributed by atoms with Crippen molar-refractivity contribution in [3.8, 4) is 5.75 Å². The first-order valence-electron chi connectivity index (χ1n) is 7.86. The third kappa shape index (κ3) is 5.24. The molecule has 0 fully saturated rings. The molecule has 1 unspecified atom stereocenters. The van der Waals surface area contributed by atoms with Gasteiger partial charge in [0, 0.05) is 0 Å². The van der Waals surface area contributed by atoms with Gasteiger partial charge in [-0.25, -0.2) is 0 Å². The fraction of sp³-hybridized carbons (Fsp3) is 0.316. The van der Waals surface area contributed by atoms with Crippen molar-refractivity contribution in [3.05, 3.63) is 65.2 Å². The summed E-state index contributed by atoms with van der Waals surface area (Å²) in [6, 6.07) is 12.4. The lowest BCUT2D eigenvalue weighted by Crippen LogP contribution is -2.15. The summed E-state index contributed by atoms with van der Waals surface area (Å²) in [6.45, 7) is 3.45. The first kappa shape index (κ1) is 18.8. The highest BCUT2D eigenvalue weighted by molar-refractivity contribution is 5.78. The number of carbonyl (C=O) groups excluding carboxylic acids is 1. The lowest BCUT2D eigenvalue weighted by Gasteiger charge is -2.16. The molecule has 25 heavy (non-hydrogen) atoms. The van der Waals surface area contributed by atoms with E-state index in [-0.39, 0.29) is 24.5 Å². The molecule has 0 amide bonds. The van der Waals surface area contributed by atoms with Crippen LogP contribution in [0.25, 0.3) is 0 Å². The number of rotatable bonds is 6. The summed E-state index contributed by atoms with van der Waals surface area (Å²) in [5, 5.41) is 0. The van der Waals surface area contributed by atoms with Crippen molar-refractivity contribution in [2.24, 2.45) is 0 Å². The summed E-state index contributed by atoms with van der Waals surface area (Å²) in [7, 11) is 0. The van der Waals surface area contributed by atoms with Gasteiger partial charge in [-0.15, -0.1) is 0 Å². The average Bonchev–Trinajstić information content (AvgIpc) is 2.59. The van der Waals surface area contributed by atoms with Crippen LogP contribution in [0.3, 0.4) is 0 Å². The van der Waals surface area contributed by atoms with Crippen molar-refractivity contribution in [2.45, 2.75) is 32.5 Å². The standard InChI is InChI=1S/C19H19F3O3/c1-3-24-18(23)13(2)15-9-16(19(20,21)22)11-17(10-15)25-12-14-7-5-4-6-8-14/h4-11,13H,3,12H2,1-2H3. The molecule has 0 bridgehead atoms. The molecule has 3 nitrogen and oxygen atoms in total. The summed E-state index contributed by atoms with van der Waals surface area (Å²) in [4.78, 5) is 11.9. The smallest absolute Gasteiger partial charge is 0.416 e. The zero-order valence-corrected chi connectivity index (χ0v) is 14.0. The summed E-state index contributed by atoms with van der Waals surface area (Å²) >= 11 is 0. The Morgan fingerprint density at radius 1 is 1.12 bits per heavy atom. The highest BCUT2D eigenvalue weighted by Crippen LogP contribution is 2.35. The topological polar surface area (TPSA) is 35.5 Å². The number of esters is 1. The number of benzene rings is 2. The maximum atomic E-state index is 13.2. The SMILES string of the molecule is CCOC(=O)C(C)c1cc(OCc2ccccc2)cc(C(F)(F)F)c1. The number of hydrogen-bond acceptors (Lipinski definition) is 3. The summed E-state index contributed by atoms with van der Waals surface area (Å²) in [5.74, 6) is -1.33. The number of hydrogen-bond donors (Lipinski definition) is 0. The first-order valence-corrected chi connectivity index (χ1v) is 7.86.